The second kappa shape index (κ2) is 9.24. The maximum absolute atomic E-state index is 13.3. The summed E-state index contributed by atoms with van der Waals surface area (Å²) in [5.41, 5.74) is 3.71. The van der Waals surface area contributed by atoms with E-state index in [1.54, 1.807) is 36.4 Å². The minimum atomic E-state index is -0.772. The largest absolute Gasteiger partial charge is 0.507 e. The van der Waals surface area contributed by atoms with Gasteiger partial charge in [0.1, 0.15) is 11.5 Å². The van der Waals surface area contributed by atoms with Gasteiger partial charge in [0.15, 0.2) is 0 Å². The fraction of sp³-hybridized carbons (Fsp3) is 0.185. The molecule has 1 unspecified atom stereocenters. The van der Waals surface area contributed by atoms with Gasteiger partial charge in [-0.05, 0) is 56.2 Å². The number of aliphatic hydroxyl groups excluding tert-OH is 1. The van der Waals surface area contributed by atoms with Crippen molar-refractivity contribution in [1.29, 1.82) is 0 Å². The molecule has 1 N–H and O–H groups in total. The molecule has 1 saturated heterocycles. The zero-order valence-corrected chi connectivity index (χ0v) is 20.2. The van der Waals surface area contributed by atoms with Gasteiger partial charge in [-0.3, -0.25) is 14.5 Å². The molecule has 1 heterocycles. The summed E-state index contributed by atoms with van der Waals surface area (Å²) in [6, 6.07) is 19.3. The van der Waals surface area contributed by atoms with E-state index in [9.17, 15) is 14.7 Å². The van der Waals surface area contributed by atoms with Crippen molar-refractivity contribution in [3.05, 3.63) is 99.0 Å². The average molecular weight is 506 g/mol. The molecule has 0 aromatic heterocycles. The van der Waals surface area contributed by atoms with E-state index in [0.29, 0.717) is 23.6 Å². The van der Waals surface area contributed by atoms with Crippen molar-refractivity contribution >= 4 is 39.1 Å². The van der Waals surface area contributed by atoms with Crippen molar-refractivity contribution in [2.24, 2.45) is 0 Å². The SMILES string of the molecule is CCOc1cccc(N2C(=O)C(=O)/C(=C(/O)c3ccc(Br)c(C)c3)C2c2cccc(C)c2)c1. The molecule has 3 aromatic rings. The van der Waals surface area contributed by atoms with Gasteiger partial charge in [0, 0.05) is 21.8 Å². The summed E-state index contributed by atoms with van der Waals surface area (Å²) in [7, 11) is 0. The molecule has 1 aliphatic heterocycles. The zero-order chi connectivity index (χ0) is 23.7. The number of benzene rings is 3. The number of ketones is 1. The van der Waals surface area contributed by atoms with Gasteiger partial charge < -0.3 is 9.84 Å². The van der Waals surface area contributed by atoms with E-state index >= 15 is 0 Å². The van der Waals surface area contributed by atoms with Crippen LogP contribution in [0.5, 0.6) is 5.75 Å². The van der Waals surface area contributed by atoms with E-state index in [-0.39, 0.29) is 11.3 Å². The number of anilines is 1. The second-order valence-corrected chi connectivity index (χ2v) is 8.83. The van der Waals surface area contributed by atoms with Gasteiger partial charge >= 0.3 is 0 Å². The molecule has 1 amide bonds. The first-order chi connectivity index (χ1) is 15.8. The molecule has 1 fully saturated rings. The van der Waals surface area contributed by atoms with E-state index < -0.39 is 17.7 Å². The lowest BCUT2D eigenvalue weighted by Crippen LogP contribution is -2.29. The number of Topliss-reactive ketones (excluding diaryl/α,β-unsaturated/α-hetero) is 1. The van der Waals surface area contributed by atoms with Gasteiger partial charge in [-0.25, -0.2) is 0 Å². The Morgan fingerprint density at radius 1 is 1.03 bits per heavy atom. The lowest BCUT2D eigenvalue weighted by Gasteiger charge is -2.26. The van der Waals surface area contributed by atoms with Gasteiger partial charge in [-0.1, -0.05) is 57.9 Å². The number of amides is 1. The van der Waals surface area contributed by atoms with Crippen molar-refractivity contribution in [1.82, 2.24) is 0 Å². The standard InChI is InChI=1S/C27H24BrNO4/c1-4-33-21-10-6-9-20(15-21)29-24(18-8-5-7-16(2)13-18)23(26(31)27(29)32)25(30)19-11-12-22(28)17(3)14-19/h5-15,24,30H,4H2,1-3H3/b25-23+. The number of hydrogen-bond donors (Lipinski definition) is 1. The van der Waals surface area contributed by atoms with Crippen LogP contribution in [0.15, 0.2) is 76.8 Å². The van der Waals surface area contributed by atoms with Crippen LogP contribution in [0.3, 0.4) is 0 Å². The molecule has 0 saturated carbocycles. The van der Waals surface area contributed by atoms with E-state index in [1.165, 1.54) is 4.90 Å². The molecule has 0 radical (unpaired) electrons. The van der Waals surface area contributed by atoms with Crippen molar-refractivity contribution in [3.8, 4) is 5.75 Å². The molecule has 0 bridgehead atoms. The fourth-order valence-corrected chi connectivity index (χ4v) is 4.34. The molecule has 6 heteroatoms. The molecule has 33 heavy (non-hydrogen) atoms. The quantitative estimate of drug-likeness (QED) is 0.258. The summed E-state index contributed by atoms with van der Waals surface area (Å²) < 4.78 is 6.50. The zero-order valence-electron chi connectivity index (χ0n) is 18.6. The Morgan fingerprint density at radius 3 is 2.48 bits per heavy atom. The van der Waals surface area contributed by atoms with Gasteiger partial charge in [0.2, 0.25) is 0 Å². The average Bonchev–Trinajstić information content (AvgIpc) is 3.06. The van der Waals surface area contributed by atoms with Crippen LogP contribution in [0.4, 0.5) is 5.69 Å². The Labute approximate surface area is 201 Å². The van der Waals surface area contributed by atoms with Crippen molar-refractivity contribution in [2.75, 3.05) is 11.5 Å². The van der Waals surface area contributed by atoms with Gasteiger partial charge in [-0.15, -0.1) is 0 Å². The molecule has 1 aliphatic rings. The number of aliphatic hydroxyl groups is 1. The second-order valence-electron chi connectivity index (χ2n) is 7.98. The van der Waals surface area contributed by atoms with Crippen molar-refractivity contribution < 1.29 is 19.4 Å². The Bertz CT molecular complexity index is 1280. The van der Waals surface area contributed by atoms with Crippen LogP contribution >= 0.6 is 15.9 Å². The fourth-order valence-electron chi connectivity index (χ4n) is 4.09. The maximum Gasteiger partial charge on any atom is 0.300 e. The third-order valence-corrected chi connectivity index (χ3v) is 6.53. The Balaban J connectivity index is 1.94. The Kier molecular flexibility index (Phi) is 6.38. The van der Waals surface area contributed by atoms with E-state index in [4.69, 9.17) is 4.74 Å². The van der Waals surface area contributed by atoms with E-state index in [0.717, 1.165) is 21.2 Å². The number of aryl methyl sites for hydroxylation is 2. The number of rotatable bonds is 5. The third-order valence-electron chi connectivity index (χ3n) is 5.64. The summed E-state index contributed by atoms with van der Waals surface area (Å²) in [4.78, 5) is 28.0. The lowest BCUT2D eigenvalue weighted by molar-refractivity contribution is -0.132. The number of halogens is 1. The van der Waals surface area contributed by atoms with Gasteiger partial charge in [0.05, 0.1) is 18.2 Å². The number of hydrogen-bond acceptors (Lipinski definition) is 4. The summed E-state index contributed by atoms with van der Waals surface area (Å²) >= 11 is 3.46. The van der Waals surface area contributed by atoms with Crippen LogP contribution in [0.2, 0.25) is 0 Å². The summed E-state index contributed by atoms with van der Waals surface area (Å²) in [6.45, 7) is 6.21. The highest BCUT2D eigenvalue weighted by Gasteiger charge is 2.47. The monoisotopic (exact) mass is 505 g/mol. The first-order valence-corrected chi connectivity index (χ1v) is 11.5. The molecular weight excluding hydrogens is 482 g/mol. The number of carbonyl (C=O) groups excluding carboxylic acids is 2. The Morgan fingerprint density at radius 2 is 1.79 bits per heavy atom. The number of nitrogens with zero attached hydrogens (tertiary/aromatic N) is 1. The number of carbonyl (C=O) groups is 2. The first kappa shape index (κ1) is 22.8. The maximum atomic E-state index is 13.3. The predicted molar refractivity (Wildman–Crippen MR) is 132 cm³/mol. The van der Waals surface area contributed by atoms with Crippen LogP contribution in [0, 0.1) is 13.8 Å². The molecule has 5 nitrogen and oxygen atoms in total. The van der Waals surface area contributed by atoms with E-state index in [1.807, 2.05) is 51.1 Å². The summed E-state index contributed by atoms with van der Waals surface area (Å²) in [5.74, 6) is -1.01. The third kappa shape index (κ3) is 4.31. The lowest BCUT2D eigenvalue weighted by atomic mass is 9.94. The molecule has 1 atom stereocenters. The summed E-state index contributed by atoms with van der Waals surface area (Å²) in [5, 5.41) is 11.3. The van der Waals surface area contributed by atoms with Gasteiger partial charge in [-0.2, -0.15) is 0 Å². The molecule has 0 aliphatic carbocycles. The summed E-state index contributed by atoms with van der Waals surface area (Å²) in [6.07, 6.45) is 0. The Hall–Kier alpha value is -3.38. The van der Waals surface area contributed by atoms with Crippen LogP contribution < -0.4 is 9.64 Å². The van der Waals surface area contributed by atoms with Crippen LogP contribution in [0.25, 0.3) is 5.76 Å². The normalized spacial score (nSPS) is 17.5. The highest BCUT2D eigenvalue weighted by Crippen LogP contribution is 2.43. The van der Waals surface area contributed by atoms with Crippen molar-refractivity contribution in [3.63, 3.8) is 0 Å². The molecular formula is C27H24BrNO4. The van der Waals surface area contributed by atoms with Gasteiger partial charge in [0.25, 0.3) is 11.7 Å². The highest BCUT2D eigenvalue weighted by atomic mass is 79.9. The van der Waals surface area contributed by atoms with Crippen molar-refractivity contribution in [2.45, 2.75) is 26.8 Å². The topological polar surface area (TPSA) is 66.8 Å². The first-order valence-electron chi connectivity index (χ1n) is 10.7. The van der Waals surface area contributed by atoms with E-state index in [2.05, 4.69) is 15.9 Å². The highest BCUT2D eigenvalue weighted by molar-refractivity contribution is 9.10. The molecule has 0 spiro atoms. The predicted octanol–water partition coefficient (Wildman–Crippen LogP) is 6.09. The number of ether oxygens (including phenoxy) is 1. The smallest absolute Gasteiger partial charge is 0.300 e. The molecule has 4 rings (SSSR count). The van der Waals surface area contributed by atoms with Crippen LogP contribution in [0.1, 0.15) is 35.2 Å². The molecule has 3 aromatic carbocycles. The molecule has 168 valence electrons. The van der Waals surface area contributed by atoms with Crippen LogP contribution in [-0.4, -0.2) is 23.4 Å². The minimum absolute atomic E-state index is 0.0640. The van der Waals surface area contributed by atoms with Crippen LogP contribution in [-0.2, 0) is 9.59 Å². The minimum Gasteiger partial charge on any atom is -0.507 e.